The molecule has 2 fully saturated rings. The Morgan fingerprint density at radius 2 is 1.97 bits per heavy atom. The molecule has 3 N–H and O–H groups in total. The van der Waals surface area contributed by atoms with E-state index >= 15 is 0 Å². The predicted molar refractivity (Wildman–Crippen MR) is 146 cm³/mol. The van der Waals surface area contributed by atoms with Crippen molar-refractivity contribution in [1.29, 1.82) is 0 Å². The van der Waals surface area contributed by atoms with Crippen molar-refractivity contribution in [2.24, 2.45) is 0 Å². The molecule has 0 unspecified atom stereocenters. The second kappa shape index (κ2) is 9.76. The van der Waals surface area contributed by atoms with Gasteiger partial charge in [-0.25, -0.2) is 4.98 Å². The maximum absolute atomic E-state index is 13.4. The van der Waals surface area contributed by atoms with E-state index in [4.69, 9.17) is 21.3 Å². The predicted octanol–water partition coefficient (Wildman–Crippen LogP) is 4.46. The summed E-state index contributed by atoms with van der Waals surface area (Å²) in [6.45, 7) is 8.31. The van der Waals surface area contributed by atoms with Crippen LogP contribution in [0.1, 0.15) is 19.8 Å². The average Bonchev–Trinajstić information content (AvgIpc) is 3.53. The number of fused-ring (bicyclic) bond motifs is 2. The molecule has 9 heteroatoms. The van der Waals surface area contributed by atoms with E-state index in [2.05, 4.69) is 44.1 Å². The van der Waals surface area contributed by atoms with E-state index in [1.165, 1.54) is 6.42 Å². The average molecular weight is 507 g/mol. The number of hydrogen-bond acceptors (Lipinski definition) is 6. The van der Waals surface area contributed by atoms with Crippen molar-refractivity contribution in [3.63, 3.8) is 0 Å². The number of pyridine rings is 1. The third-order valence-corrected chi connectivity index (χ3v) is 7.71. The standard InChI is InChI=1S/C27H31ClN6O2/c1-2-33-9-3-4-19(33)16-29-25-20-7-5-17(28)14-22(20)32-27(35)24(25)26-30-21-8-6-18(15-23(21)31-26)34-10-12-36-13-11-34/h5-8,14-15,19H,2-4,9-13,16H2,1H3,(H,30,31)(H2,29,32,35)/t19-/m0/s1. The van der Waals surface area contributed by atoms with Crippen LogP contribution < -0.4 is 15.8 Å². The number of likely N-dealkylation sites (N-methyl/N-ethyl adjacent to an activating group) is 1. The van der Waals surface area contributed by atoms with E-state index in [9.17, 15) is 4.79 Å². The van der Waals surface area contributed by atoms with Crippen LogP contribution >= 0.6 is 11.6 Å². The molecule has 0 spiro atoms. The van der Waals surface area contributed by atoms with Gasteiger partial charge in [-0.1, -0.05) is 18.5 Å². The summed E-state index contributed by atoms with van der Waals surface area (Å²) in [5, 5.41) is 5.15. The van der Waals surface area contributed by atoms with Gasteiger partial charge in [-0.05, 0) is 62.3 Å². The van der Waals surface area contributed by atoms with E-state index in [0.717, 1.165) is 80.2 Å². The second-order valence-corrected chi connectivity index (χ2v) is 10.0. The zero-order chi connectivity index (χ0) is 24.6. The first kappa shape index (κ1) is 23.3. The van der Waals surface area contributed by atoms with E-state index < -0.39 is 0 Å². The lowest BCUT2D eigenvalue weighted by molar-refractivity contribution is 0.122. The summed E-state index contributed by atoms with van der Waals surface area (Å²) in [5.74, 6) is 0.559. The van der Waals surface area contributed by atoms with E-state index in [0.29, 0.717) is 28.0 Å². The van der Waals surface area contributed by atoms with Crippen LogP contribution in [0.3, 0.4) is 0 Å². The molecule has 8 nitrogen and oxygen atoms in total. The van der Waals surface area contributed by atoms with Gasteiger partial charge in [0.05, 0.1) is 35.5 Å². The minimum Gasteiger partial charge on any atom is -0.382 e. The van der Waals surface area contributed by atoms with Crippen molar-refractivity contribution >= 4 is 44.9 Å². The molecular formula is C27H31ClN6O2. The number of aromatic nitrogens is 3. The lowest BCUT2D eigenvalue weighted by Crippen LogP contribution is -2.36. The number of benzene rings is 2. The lowest BCUT2D eigenvalue weighted by atomic mass is 10.1. The highest BCUT2D eigenvalue weighted by Gasteiger charge is 2.25. The van der Waals surface area contributed by atoms with Gasteiger partial charge in [0.15, 0.2) is 0 Å². The molecular weight excluding hydrogens is 476 g/mol. The third kappa shape index (κ3) is 4.34. The third-order valence-electron chi connectivity index (χ3n) is 7.47. The highest BCUT2D eigenvalue weighted by Crippen LogP contribution is 2.33. The van der Waals surface area contributed by atoms with Crippen LogP contribution in [0.15, 0.2) is 41.2 Å². The largest absolute Gasteiger partial charge is 0.382 e. The Morgan fingerprint density at radius 1 is 1.11 bits per heavy atom. The number of imidazole rings is 1. The van der Waals surface area contributed by atoms with Gasteiger partial charge in [-0.15, -0.1) is 0 Å². The number of nitrogens with one attached hydrogen (secondary N) is 3. The van der Waals surface area contributed by atoms with Crippen LogP contribution in [0.2, 0.25) is 5.02 Å². The second-order valence-electron chi connectivity index (χ2n) is 9.59. The molecule has 0 radical (unpaired) electrons. The molecule has 1 atom stereocenters. The summed E-state index contributed by atoms with van der Waals surface area (Å²) in [6.07, 6.45) is 2.35. The Morgan fingerprint density at radius 3 is 2.81 bits per heavy atom. The van der Waals surface area contributed by atoms with Gasteiger partial charge < -0.3 is 24.9 Å². The number of rotatable bonds is 6. The van der Waals surface area contributed by atoms with Crippen molar-refractivity contribution in [3.05, 3.63) is 51.8 Å². The molecule has 2 aliphatic heterocycles. The van der Waals surface area contributed by atoms with Crippen LogP contribution in [0.25, 0.3) is 33.3 Å². The molecule has 188 valence electrons. The fraction of sp³-hybridized carbons (Fsp3) is 0.407. The highest BCUT2D eigenvalue weighted by molar-refractivity contribution is 6.31. The summed E-state index contributed by atoms with van der Waals surface area (Å²) >= 11 is 6.25. The van der Waals surface area contributed by atoms with Gasteiger partial charge in [0, 0.05) is 41.8 Å². The fourth-order valence-electron chi connectivity index (χ4n) is 5.58. The first-order valence-corrected chi connectivity index (χ1v) is 13.1. The number of aromatic amines is 2. The Hall–Kier alpha value is -3.07. The minimum absolute atomic E-state index is 0.196. The maximum Gasteiger partial charge on any atom is 0.261 e. The maximum atomic E-state index is 13.4. The SMILES string of the molecule is CCN1CCC[C@H]1CNc1c(-c2nc3ccc(N4CCOCC4)cc3[nH]2)c(=O)[nH]c2cc(Cl)ccc12. The molecule has 2 aromatic heterocycles. The van der Waals surface area contributed by atoms with E-state index in [1.54, 1.807) is 6.07 Å². The van der Waals surface area contributed by atoms with E-state index in [-0.39, 0.29) is 5.56 Å². The molecule has 4 aromatic rings. The Balaban J connectivity index is 1.42. The quantitative estimate of drug-likeness (QED) is 0.358. The minimum atomic E-state index is -0.196. The number of halogens is 1. The first-order chi connectivity index (χ1) is 17.6. The number of morpholine rings is 1. The summed E-state index contributed by atoms with van der Waals surface area (Å²) < 4.78 is 5.49. The summed E-state index contributed by atoms with van der Waals surface area (Å²) in [6, 6.07) is 12.3. The van der Waals surface area contributed by atoms with E-state index in [1.807, 2.05) is 18.2 Å². The van der Waals surface area contributed by atoms with Gasteiger partial charge in [0.25, 0.3) is 5.56 Å². The van der Waals surface area contributed by atoms with Crippen molar-refractivity contribution in [2.75, 3.05) is 56.2 Å². The van der Waals surface area contributed by atoms with Gasteiger partial charge in [0.1, 0.15) is 11.4 Å². The zero-order valence-electron chi connectivity index (χ0n) is 20.4. The molecule has 2 aliphatic rings. The molecule has 6 rings (SSSR count). The van der Waals surface area contributed by atoms with Crippen molar-refractivity contribution in [1.82, 2.24) is 19.9 Å². The van der Waals surface area contributed by atoms with Crippen molar-refractivity contribution in [2.45, 2.75) is 25.8 Å². The summed E-state index contributed by atoms with van der Waals surface area (Å²) in [7, 11) is 0. The number of nitrogens with zero attached hydrogens (tertiary/aromatic N) is 3. The van der Waals surface area contributed by atoms with Crippen LogP contribution in [0.4, 0.5) is 11.4 Å². The number of anilines is 2. The monoisotopic (exact) mass is 506 g/mol. The van der Waals surface area contributed by atoms with Crippen LogP contribution in [-0.2, 0) is 4.74 Å². The van der Waals surface area contributed by atoms with Gasteiger partial charge in [0.2, 0.25) is 0 Å². The van der Waals surface area contributed by atoms with Gasteiger partial charge >= 0.3 is 0 Å². The molecule has 2 saturated heterocycles. The normalized spacial score (nSPS) is 18.9. The fourth-order valence-corrected chi connectivity index (χ4v) is 5.75. The Kier molecular flexibility index (Phi) is 6.33. The van der Waals surface area contributed by atoms with Crippen molar-refractivity contribution < 1.29 is 4.74 Å². The molecule has 0 aliphatic carbocycles. The van der Waals surface area contributed by atoms with Crippen LogP contribution in [0.5, 0.6) is 0 Å². The highest BCUT2D eigenvalue weighted by atomic mass is 35.5. The molecule has 4 heterocycles. The number of H-pyrrole nitrogens is 2. The number of likely N-dealkylation sites (tertiary alicyclic amines) is 1. The molecule has 2 aromatic carbocycles. The summed E-state index contributed by atoms with van der Waals surface area (Å²) in [4.78, 5) is 29.5. The Labute approximate surface area is 214 Å². The molecule has 0 bridgehead atoms. The molecule has 36 heavy (non-hydrogen) atoms. The number of hydrogen-bond donors (Lipinski definition) is 3. The van der Waals surface area contributed by atoms with Crippen LogP contribution in [-0.4, -0.2) is 71.8 Å². The van der Waals surface area contributed by atoms with Crippen molar-refractivity contribution in [3.8, 4) is 11.4 Å². The number of ether oxygens (including phenoxy) is 1. The molecule has 0 saturated carbocycles. The first-order valence-electron chi connectivity index (χ1n) is 12.8. The Bertz CT molecular complexity index is 1460. The zero-order valence-corrected chi connectivity index (χ0v) is 21.2. The van der Waals surface area contributed by atoms with Gasteiger partial charge in [-0.2, -0.15) is 0 Å². The summed E-state index contributed by atoms with van der Waals surface area (Å²) in [5.41, 5.74) is 4.69. The van der Waals surface area contributed by atoms with Crippen LogP contribution in [0, 0.1) is 0 Å². The van der Waals surface area contributed by atoms with Gasteiger partial charge in [-0.3, -0.25) is 9.69 Å². The lowest BCUT2D eigenvalue weighted by Gasteiger charge is -2.28. The smallest absolute Gasteiger partial charge is 0.261 e. The topological polar surface area (TPSA) is 89.3 Å². The molecule has 0 amide bonds.